The standard InChI is InChI=1S/C12H14Cl2N2O3S/c1-8-7-16(3-2-12(8)15-17)20(18,19)11-5-9(13)4-10(14)6-11/h4-6,8,17H,2-3,7H2,1H3/b15-12+. The summed E-state index contributed by atoms with van der Waals surface area (Å²) in [7, 11) is -3.64. The molecule has 1 saturated heterocycles. The van der Waals surface area contributed by atoms with Crippen LogP contribution in [0.4, 0.5) is 0 Å². The van der Waals surface area contributed by atoms with Gasteiger partial charge in [0.1, 0.15) is 0 Å². The predicted octanol–water partition coefficient (Wildman–Crippen LogP) is 2.85. The topological polar surface area (TPSA) is 70.0 Å². The van der Waals surface area contributed by atoms with Gasteiger partial charge in [0.2, 0.25) is 10.0 Å². The Morgan fingerprint density at radius 3 is 2.40 bits per heavy atom. The molecule has 110 valence electrons. The van der Waals surface area contributed by atoms with E-state index in [1.54, 1.807) is 0 Å². The molecule has 8 heteroatoms. The molecule has 1 aliphatic rings. The molecule has 1 aliphatic heterocycles. The zero-order valence-corrected chi connectivity index (χ0v) is 13.1. The van der Waals surface area contributed by atoms with Crippen molar-refractivity contribution in [3.63, 3.8) is 0 Å². The van der Waals surface area contributed by atoms with Crippen LogP contribution in [0.3, 0.4) is 0 Å². The predicted molar refractivity (Wildman–Crippen MR) is 78.2 cm³/mol. The Morgan fingerprint density at radius 2 is 1.90 bits per heavy atom. The maximum atomic E-state index is 12.5. The number of halogens is 2. The smallest absolute Gasteiger partial charge is 0.243 e. The van der Waals surface area contributed by atoms with E-state index in [4.69, 9.17) is 28.4 Å². The lowest BCUT2D eigenvalue weighted by Gasteiger charge is -2.30. The fraction of sp³-hybridized carbons (Fsp3) is 0.417. The van der Waals surface area contributed by atoms with Crippen LogP contribution in [0.5, 0.6) is 0 Å². The molecule has 0 amide bonds. The van der Waals surface area contributed by atoms with E-state index in [9.17, 15) is 8.42 Å². The highest BCUT2D eigenvalue weighted by Gasteiger charge is 2.32. The zero-order chi connectivity index (χ0) is 14.9. The van der Waals surface area contributed by atoms with Crippen LogP contribution in [0.2, 0.25) is 10.0 Å². The van der Waals surface area contributed by atoms with Crippen LogP contribution >= 0.6 is 23.2 Å². The van der Waals surface area contributed by atoms with Crippen LogP contribution in [-0.2, 0) is 10.0 Å². The third-order valence-corrected chi connectivity index (χ3v) is 5.55. The van der Waals surface area contributed by atoms with E-state index in [1.807, 2.05) is 6.92 Å². The van der Waals surface area contributed by atoms with Crippen LogP contribution in [0.1, 0.15) is 13.3 Å². The molecule has 1 heterocycles. The number of piperidine rings is 1. The summed E-state index contributed by atoms with van der Waals surface area (Å²) in [6.45, 7) is 2.36. The van der Waals surface area contributed by atoms with Crippen LogP contribution in [0.15, 0.2) is 28.3 Å². The summed E-state index contributed by atoms with van der Waals surface area (Å²) in [5.41, 5.74) is 0.612. The summed E-state index contributed by atoms with van der Waals surface area (Å²) in [6, 6.07) is 4.24. The normalized spacial score (nSPS) is 23.1. The van der Waals surface area contributed by atoms with Crippen molar-refractivity contribution in [2.45, 2.75) is 18.2 Å². The van der Waals surface area contributed by atoms with E-state index in [2.05, 4.69) is 5.16 Å². The lowest BCUT2D eigenvalue weighted by molar-refractivity contribution is 0.300. The van der Waals surface area contributed by atoms with Crippen molar-refractivity contribution in [3.05, 3.63) is 28.2 Å². The van der Waals surface area contributed by atoms with Crippen molar-refractivity contribution in [2.24, 2.45) is 11.1 Å². The van der Waals surface area contributed by atoms with E-state index < -0.39 is 10.0 Å². The van der Waals surface area contributed by atoms with Crippen molar-refractivity contribution in [3.8, 4) is 0 Å². The first kappa shape index (κ1) is 15.6. The number of sulfonamides is 1. The summed E-state index contributed by atoms with van der Waals surface area (Å²) in [5.74, 6) is -0.127. The van der Waals surface area contributed by atoms with Crippen molar-refractivity contribution < 1.29 is 13.6 Å². The van der Waals surface area contributed by atoms with Gasteiger partial charge in [0.05, 0.1) is 10.6 Å². The molecule has 0 bridgehead atoms. The van der Waals surface area contributed by atoms with Crippen LogP contribution < -0.4 is 0 Å². The number of hydrogen-bond donors (Lipinski definition) is 1. The van der Waals surface area contributed by atoms with Crippen LogP contribution in [0, 0.1) is 5.92 Å². The molecule has 1 aromatic rings. The molecule has 2 rings (SSSR count). The van der Waals surface area contributed by atoms with Crippen LogP contribution in [0.25, 0.3) is 0 Å². The quantitative estimate of drug-likeness (QED) is 0.666. The molecular weight excluding hydrogens is 323 g/mol. The van der Waals surface area contributed by atoms with Gasteiger partial charge in [-0.1, -0.05) is 35.3 Å². The van der Waals surface area contributed by atoms with Gasteiger partial charge in [-0.2, -0.15) is 4.31 Å². The number of nitrogens with zero attached hydrogens (tertiary/aromatic N) is 2. The van der Waals surface area contributed by atoms with Gasteiger partial charge in [-0.05, 0) is 18.2 Å². The number of oxime groups is 1. The second-order valence-electron chi connectivity index (χ2n) is 4.71. The summed E-state index contributed by atoms with van der Waals surface area (Å²) < 4.78 is 26.4. The van der Waals surface area contributed by atoms with Crippen molar-refractivity contribution in [1.82, 2.24) is 4.31 Å². The Morgan fingerprint density at radius 1 is 1.30 bits per heavy atom. The summed E-state index contributed by atoms with van der Waals surface area (Å²) in [5, 5.41) is 12.6. The highest BCUT2D eigenvalue weighted by atomic mass is 35.5. The summed E-state index contributed by atoms with van der Waals surface area (Å²) in [4.78, 5) is 0.0755. The summed E-state index contributed by atoms with van der Waals surface area (Å²) in [6.07, 6.45) is 0.408. The summed E-state index contributed by atoms with van der Waals surface area (Å²) >= 11 is 11.7. The monoisotopic (exact) mass is 336 g/mol. The molecule has 1 aromatic carbocycles. The molecule has 1 N–H and O–H groups in total. The third kappa shape index (κ3) is 3.09. The second-order valence-corrected chi connectivity index (χ2v) is 7.52. The average Bonchev–Trinajstić information content (AvgIpc) is 2.37. The molecule has 0 saturated carbocycles. The SMILES string of the molecule is CC1CN(S(=O)(=O)c2cc(Cl)cc(Cl)c2)CC/C1=N\O. The Kier molecular flexibility index (Phi) is 4.59. The van der Waals surface area contributed by atoms with Crippen molar-refractivity contribution in [2.75, 3.05) is 13.1 Å². The maximum absolute atomic E-state index is 12.5. The van der Waals surface area contributed by atoms with Gasteiger partial charge in [-0.3, -0.25) is 0 Å². The molecule has 1 unspecified atom stereocenters. The first-order chi connectivity index (χ1) is 9.34. The molecular formula is C12H14Cl2N2O3S. The van der Waals surface area contributed by atoms with Gasteiger partial charge >= 0.3 is 0 Å². The van der Waals surface area contributed by atoms with E-state index in [-0.39, 0.29) is 33.9 Å². The lowest BCUT2D eigenvalue weighted by Crippen LogP contribution is -2.43. The van der Waals surface area contributed by atoms with Gasteiger partial charge in [0, 0.05) is 35.5 Å². The number of rotatable bonds is 2. The number of benzene rings is 1. The molecule has 1 fully saturated rings. The van der Waals surface area contributed by atoms with Gasteiger partial charge in [0.15, 0.2) is 0 Å². The molecule has 0 aliphatic carbocycles. The Balaban J connectivity index is 2.32. The Hall–Kier alpha value is -0.820. The average molecular weight is 337 g/mol. The molecule has 0 radical (unpaired) electrons. The largest absolute Gasteiger partial charge is 0.411 e. The van der Waals surface area contributed by atoms with E-state index in [1.165, 1.54) is 22.5 Å². The maximum Gasteiger partial charge on any atom is 0.243 e. The highest BCUT2D eigenvalue weighted by Crippen LogP contribution is 2.27. The highest BCUT2D eigenvalue weighted by molar-refractivity contribution is 7.89. The van der Waals surface area contributed by atoms with Gasteiger partial charge in [0.25, 0.3) is 0 Å². The van der Waals surface area contributed by atoms with Gasteiger partial charge < -0.3 is 5.21 Å². The van der Waals surface area contributed by atoms with E-state index >= 15 is 0 Å². The molecule has 1 atom stereocenters. The zero-order valence-electron chi connectivity index (χ0n) is 10.8. The van der Waals surface area contributed by atoms with Gasteiger partial charge in [-0.25, -0.2) is 8.42 Å². The fourth-order valence-corrected chi connectivity index (χ4v) is 4.44. The minimum atomic E-state index is -3.64. The number of hydrogen-bond acceptors (Lipinski definition) is 4. The first-order valence-electron chi connectivity index (χ1n) is 6.01. The lowest BCUT2D eigenvalue weighted by atomic mass is 10.00. The minimum absolute atomic E-state index is 0.0755. The molecule has 5 nitrogen and oxygen atoms in total. The van der Waals surface area contributed by atoms with Crippen LogP contribution in [-0.4, -0.2) is 36.7 Å². The van der Waals surface area contributed by atoms with Crippen molar-refractivity contribution in [1.29, 1.82) is 0 Å². The van der Waals surface area contributed by atoms with E-state index in [0.717, 1.165) is 0 Å². The second kappa shape index (κ2) is 5.89. The third-order valence-electron chi connectivity index (χ3n) is 3.27. The van der Waals surface area contributed by atoms with E-state index in [0.29, 0.717) is 12.1 Å². The molecule has 20 heavy (non-hydrogen) atoms. The van der Waals surface area contributed by atoms with Gasteiger partial charge in [-0.15, -0.1) is 0 Å². The molecule has 0 spiro atoms. The minimum Gasteiger partial charge on any atom is -0.411 e. The first-order valence-corrected chi connectivity index (χ1v) is 8.21. The van der Waals surface area contributed by atoms with Crippen molar-refractivity contribution >= 4 is 38.9 Å². The molecule has 0 aromatic heterocycles. The fourth-order valence-electron chi connectivity index (χ4n) is 2.18. The Bertz CT molecular complexity index is 626. The Labute approximate surface area is 127 Å².